The van der Waals surface area contributed by atoms with Crippen LogP contribution in [-0.4, -0.2) is 50.0 Å². The van der Waals surface area contributed by atoms with Gasteiger partial charge in [-0.2, -0.15) is 0 Å². The summed E-state index contributed by atoms with van der Waals surface area (Å²) in [6.45, 7) is 1.27. The minimum Gasteiger partial charge on any atom is -0.336 e. The van der Waals surface area contributed by atoms with E-state index in [1.165, 1.54) is 0 Å². The standard InChI is InChI=1S/C7H12N2O3S/c10-7-8-2-3-9(7)6-1-4-13(11,12)5-6/h6H,1-5H2,(H,8,10). The van der Waals surface area contributed by atoms with Gasteiger partial charge < -0.3 is 10.2 Å². The molecular weight excluding hydrogens is 192 g/mol. The molecule has 0 aromatic carbocycles. The third-order valence-electron chi connectivity index (χ3n) is 2.54. The second-order valence-corrected chi connectivity index (χ2v) is 5.71. The van der Waals surface area contributed by atoms with Crippen molar-refractivity contribution < 1.29 is 13.2 Å². The zero-order valence-electron chi connectivity index (χ0n) is 7.19. The van der Waals surface area contributed by atoms with Crippen LogP contribution in [0.5, 0.6) is 0 Å². The van der Waals surface area contributed by atoms with Crippen molar-refractivity contribution in [1.82, 2.24) is 10.2 Å². The first kappa shape index (κ1) is 8.80. The number of amides is 2. The molecule has 6 heteroatoms. The Morgan fingerprint density at radius 1 is 1.46 bits per heavy atom. The normalized spacial score (nSPS) is 32.2. The molecule has 0 bridgehead atoms. The monoisotopic (exact) mass is 204 g/mol. The highest BCUT2D eigenvalue weighted by Gasteiger charge is 2.36. The van der Waals surface area contributed by atoms with Crippen molar-refractivity contribution in [2.75, 3.05) is 24.6 Å². The maximum atomic E-state index is 11.2. The van der Waals surface area contributed by atoms with E-state index in [2.05, 4.69) is 5.32 Å². The van der Waals surface area contributed by atoms with Crippen LogP contribution in [0.4, 0.5) is 4.79 Å². The lowest BCUT2D eigenvalue weighted by atomic mass is 10.2. The summed E-state index contributed by atoms with van der Waals surface area (Å²) in [7, 11) is -2.88. The third kappa shape index (κ3) is 1.63. The lowest BCUT2D eigenvalue weighted by Gasteiger charge is -2.20. The molecular formula is C7H12N2O3S. The molecule has 1 atom stereocenters. The number of carbonyl (C=O) groups excluding carboxylic acids is 1. The van der Waals surface area contributed by atoms with Crippen molar-refractivity contribution in [3.05, 3.63) is 0 Å². The van der Waals surface area contributed by atoms with E-state index >= 15 is 0 Å². The zero-order valence-corrected chi connectivity index (χ0v) is 8.01. The summed E-state index contributed by atoms with van der Waals surface area (Å²) in [5.74, 6) is 0.363. The number of hydrogen-bond donors (Lipinski definition) is 1. The molecule has 2 rings (SSSR count). The van der Waals surface area contributed by atoms with Crippen LogP contribution in [0.15, 0.2) is 0 Å². The van der Waals surface area contributed by atoms with Gasteiger partial charge in [-0.15, -0.1) is 0 Å². The molecule has 13 heavy (non-hydrogen) atoms. The Bertz CT molecular complexity index is 325. The molecule has 1 N–H and O–H groups in total. The molecule has 0 aromatic heterocycles. The van der Waals surface area contributed by atoms with Crippen LogP contribution in [0.3, 0.4) is 0 Å². The van der Waals surface area contributed by atoms with Crippen LogP contribution in [-0.2, 0) is 9.84 Å². The molecule has 1 unspecified atom stereocenters. The highest BCUT2D eigenvalue weighted by Crippen LogP contribution is 2.18. The van der Waals surface area contributed by atoms with Crippen LogP contribution >= 0.6 is 0 Å². The predicted octanol–water partition coefficient (Wildman–Crippen LogP) is -0.801. The second kappa shape index (κ2) is 2.87. The summed E-state index contributed by atoms with van der Waals surface area (Å²) < 4.78 is 22.3. The lowest BCUT2D eigenvalue weighted by molar-refractivity contribution is 0.203. The number of sulfone groups is 1. The van der Waals surface area contributed by atoms with E-state index in [-0.39, 0.29) is 23.6 Å². The van der Waals surface area contributed by atoms with Gasteiger partial charge in [0.2, 0.25) is 0 Å². The number of carbonyl (C=O) groups is 1. The minimum atomic E-state index is -2.88. The predicted molar refractivity (Wildman–Crippen MR) is 47.2 cm³/mol. The van der Waals surface area contributed by atoms with E-state index in [1.807, 2.05) is 0 Å². The average molecular weight is 204 g/mol. The summed E-state index contributed by atoms with van der Waals surface area (Å²) >= 11 is 0. The first-order valence-electron chi connectivity index (χ1n) is 4.33. The fourth-order valence-corrected chi connectivity index (χ4v) is 3.59. The Morgan fingerprint density at radius 3 is 2.69 bits per heavy atom. The quantitative estimate of drug-likeness (QED) is 0.608. The summed E-state index contributed by atoms with van der Waals surface area (Å²) in [4.78, 5) is 12.8. The highest BCUT2D eigenvalue weighted by atomic mass is 32.2. The van der Waals surface area contributed by atoms with Gasteiger partial charge >= 0.3 is 6.03 Å². The molecule has 0 saturated carbocycles. The van der Waals surface area contributed by atoms with E-state index in [9.17, 15) is 13.2 Å². The molecule has 2 fully saturated rings. The maximum Gasteiger partial charge on any atom is 0.317 e. The first-order chi connectivity index (χ1) is 6.08. The summed E-state index contributed by atoms with van der Waals surface area (Å²) in [5.41, 5.74) is 0. The Hall–Kier alpha value is -0.780. The van der Waals surface area contributed by atoms with Crippen LogP contribution in [0, 0.1) is 0 Å². The van der Waals surface area contributed by atoms with Crippen molar-refractivity contribution in [2.45, 2.75) is 12.5 Å². The topological polar surface area (TPSA) is 66.5 Å². The number of hydrogen-bond acceptors (Lipinski definition) is 3. The van der Waals surface area contributed by atoms with E-state index in [0.717, 1.165) is 0 Å². The van der Waals surface area contributed by atoms with Crippen molar-refractivity contribution >= 4 is 15.9 Å². The molecule has 2 heterocycles. The molecule has 2 aliphatic rings. The third-order valence-corrected chi connectivity index (χ3v) is 4.29. The van der Waals surface area contributed by atoms with E-state index < -0.39 is 9.84 Å². The average Bonchev–Trinajstić information content (AvgIpc) is 2.56. The number of nitrogens with one attached hydrogen (secondary N) is 1. The molecule has 0 aliphatic carbocycles. The van der Waals surface area contributed by atoms with Gasteiger partial charge in [-0.3, -0.25) is 0 Å². The molecule has 0 spiro atoms. The van der Waals surface area contributed by atoms with Gasteiger partial charge in [-0.1, -0.05) is 0 Å². The first-order valence-corrected chi connectivity index (χ1v) is 6.15. The smallest absolute Gasteiger partial charge is 0.317 e. The van der Waals surface area contributed by atoms with Gasteiger partial charge in [-0.05, 0) is 6.42 Å². The Balaban J connectivity index is 2.07. The van der Waals surface area contributed by atoms with Crippen LogP contribution < -0.4 is 5.32 Å². The Kier molecular flexibility index (Phi) is 1.94. The second-order valence-electron chi connectivity index (χ2n) is 3.48. The maximum absolute atomic E-state index is 11.2. The molecule has 2 saturated heterocycles. The van der Waals surface area contributed by atoms with Gasteiger partial charge in [0.05, 0.1) is 11.5 Å². The summed E-state index contributed by atoms with van der Waals surface area (Å²) in [6.07, 6.45) is 0.593. The van der Waals surface area contributed by atoms with Gasteiger partial charge in [-0.25, -0.2) is 13.2 Å². The fourth-order valence-electron chi connectivity index (χ4n) is 1.86. The van der Waals surface area contributed by atoms with Crippen molar-refractivity contribution in [3.63, 3.8) is 0 Å². The largest absolute Gasteiger partial charge is 0.336 e. The molecule has 74 valence electrons. The lowest BCUT2D eigenvalue weighted by Crippen LogP contribution is -2.38. The molecule has 0 radical (unpaired) electrons. The van der Waals surface area contributed by atoms with Crippen LogP contribution in [0.25, 0.3) is 0 Å². The number of nitrogens with zero attached hydrogens (tertiary/aromatic N) is 1. The highest BCUT2D eigenvalue weighted by molar-refractivity contribution is 7.91. The molecule has 2 aliphatic heterocycles. The van der Waals surface area contributed by atoms with Crippen molar-refractivity contribution in [2.24, 2.45) is 0 Å². The fraction of sp³-hybridized carbons (Fsp3) is 0.857. The number of urea groups is 1. The van der Waals surface area contributed by atoms with Gasteiger partial charge in [0.15, 0.2) is 9.84 Å². The van der Waals surface area contributed by atoms with Crippen molar-refractivity contribution in [3.8, 4) is 0 Å². The van der Waals surface area contributed by atoms with Gasteiger partial charge in [0.25, 0.3) is 0 Å². The van der Waals surface area contributed by atoms with Gasteiger partial charge in [0.1, 0.15) is 0 Å². The minimum absolute atomic E-state index is 0.0903. The molecule has 5 nitrogen and oxygen atoms in total. The Morgan fingerprint density at radius 2 is 2.23 bits per heavy atom. The zero-order chi connectivity index (χ0) is 9.47. The summed E-state index contributed by atoms with van der Waals surface area (Å²) in [5, 5.41) is 2.67. The van der Waals surface area contributed by atoms with Crippen molar-refractivity contribution in [1.29, 1.82) is 0 Å². The van der Waals surface area contributed by atoms with Gasteiger partial charge in [0, 0.05) is 19.1 Å². The van der Waals surface area contributed by atoms with Crippen LogP contribution in [0.2, 0.25) is 0 Å². The Labute approximate surface area is 77.0 Å². The number of rotatable bonds is 1. The SMILES string of the molecule is O=C1NCCN1C1CCS(=O)(=O)C1. The van der Waals surface area contributed by atoms with E-state index in [4.69, 9.17) is 0 Å². The molecule has 2 amide bonds. The van der Waals surface area contributed by atoms with Crippen LogP contribution in [0.1, 0.15) is 6.42 Å². The summed E-state index contributed by atoms with van der Waals surface area (Å²) in [6, 6.07) is -0.213. The molecule has 0 aromatic rings. The van der Waals surface area contributed by atoms with E-state index in [0.29, 0.717) is 19.5 Å². The van der Waals surface area contributed by atoms with E-state index in [1.54, 1.807) is 4.90 Å².